The molecule has 0 radical (unpaired) electrons. The number of nitrogens with zero attached hydrogens (tertiary/aromatic N) is 1. The minimum Gasteiger partial charge on any atom is -0.388 e. The normalized spacial score (nSPS) is 40.0. The predicted octanol–water partition coefficient (Wildman–Crippen LogP) is 2.02. The molecule has 2 heteroatoms. The van der Waals surface area contributed by atoms with Gasteiger partial charge in [0, 0.05) is 30.3 Å². The van der Waals surface area contributed by atoms with E-state index in [1.54, 1.807) is 0 Å². The molecule has 0 aromatic carbocycles. The summed E-state index contributed by atoms with van der Waals surface area (Å²) in [7, 11) is 0. The van der Waals surface area contributed by atoms with Crippen molar-refractivity contribution in [2.45, 2.75) is 12.8 Å². The van der Waals surface area contributed by atoms with Crippen LogP contribution in [0.2, 0.25) is 0 Å². The molecule has 0 spiro atoms. The molecule has 3 atom stereocenters. The predicted molar refractivity (Wildman–Crippen MR) is 60.4 cm³/mol. The van der Waals surface area contributed by atoms with E-state index in [4.69, 9.17) is 0 Å². The number of aliphatic imine (C=N–C) groups is 1. The Morgan fingerprint density at radius 1 is 1.40 bits per heavy atom. The minimum absolute atomic E-state index is 0.684. The van der Waals surface area contributed by atoms with Crippen LogP contribution in [0.5, 0.6) is 0 Å². The van der Waals surface area contributed by atoms with Gasteiger partial charge in [-0.25, -0.2) is 0 Å². The number of allylic oxidation sites excluding steroid dienone is 4. The van der Waals surface area contributed by atoms with Gasteiger partial charge in [-0.1, -0.05) is 12.2 Å². The molecular formula is C13H14N2. The molecule has 1 fully saturated rings. The molecule has 3 unspecified atom stereocenters. The Labute approximate surface area is 89.5 Å². The molecule has 0 bridgehead atoms. The zero-order valence-electron chi connectivity index (χ0n) is 8.61. The largest absolute Gasteiger partial charge is 0.388 e. The first kappa shape index (κ1) is 7.91. The minimum atomic E-state index is 0.684. The topological polar surface area (TPSA) is 24.4 Å². The number of fused-ring (bicyclic) bond motifs is 2. The summed E-state index contributed by atoms with van der Waals surface area (Å²) in [6, 6.07) is 0. The van der Waals surface area contributed by atoms with Crippen LogP contribution < -0.4 is 5.32 Å². The van der Waals surface area contributed by atoms with Gasteiger partial charge < -0.3 is 5.32 Å². The van der Waals surface area contributed by atoms with E-state index < -0.39 is 0 Å². The number of hydrogen-bond acceptors (Lipinski definition) is 2. The van der Waals surface area contributed by atoms with E-state index in [0.29, 0.717) is 5.92 Å². The molecule has 0 saturated carbocycles. The highest BCUT2D eigenvalue weighted by molar-refractivity contribution is 5.80. The van der Waals surface area contributed by atoms with Crippen LogP contribution in [0.15, 0.2) is 40.2 Å². The lowest BCUT2D eigenvalue weighted by atomic mass is 9.69. The summed E-state index contributed by atoms with van der Waals surface area (Å²) in [6.07, 6.45) is 11.5. The van der Waals surface area contributed by atoms with Gasteiger partial charge in [0.2, 0.25) is 0 Å². The quantitative estimate of drug-likeness (QED) is 0.632. The average Bonchev–Trinajstić information content (AvgIpc) is 2.87. The summed E-state index contributed by atoms with van der Waals surface area (Å²) in [5.41, 5.74) is 4.25. The molecule has 15 heavy (non-hydrogen) atoms. The summed E-state index contributed by atoms with van der Waals surface area (Å²) in [6.45, 7) is 1.11. The number of rotatable bonds is 0. The fraction of sp³-hybridized carbons (Fsp3) is 0.462. The smallest absolute Gasteiger partial charge is 0.0629 e. The van der Waals surface area contributed by atoms with Crippen molar-refractivity contribution in [3.05, 3.63) is 35.2 Å². The van der Waals surface area contributed by atoms with Gasteiger partial charge in [-0.3, -0.25) is 4.99 Å². The molecule has 2 aliphatic heterocycles. The number of nitrogens with one attached hydrogen (secondary N) is 1. The molecule has 2 aliphatic carbocycles. The Balaban J connectivity index is 1.88. The highest BCUT2D eigenvalue weighted by Crippen LogP contribution is 2.49. The van der Waals surface area contributed by atoms with Crippen LogP contribution in [0.25, 0.3) is 0 Å². The van der Waals surface area contributed by atoms with Crippen LogP contribution in [-0.2, 0) is 0 Å². The second-order valence-electron chi connectivity index (χ2n) is 4.87. The van der Waals surface area contributed by atoms with Crippen LogP contribution in [0.1, 0.15) is 12.8 Å². The van der Waals surface area contributed by atoms with Crippen LogP contribution in [-0.4, -0.2) is 12.8 Å². The standard InChI is InChI=1S/C13H14N2/c1-2-10-9-4-5-14-12(9)6-8-7-15-11(3-1)13(8)10/h3-6,8,10,13,15H,1-2,7H2. The van der Waals surface area contributed by atoms with E-state index in [2.05, 4.69) is 28.5 Å². The van der Waals surface area contributed by atoms with Gasteiger partial charge in [-0.15, -0.1) is 0 Å². The second kappa shape index (κ2) is 2.63. The molecule has 0 aromatic heterocycles. The monoisotopic (exact) mass is 198 g/mol. The maximum atomic E-state index is 4.46. The Bertz CT molecular complexity index is 439. The number of hydrogen-bond donors (Lipinski definition) is 1. The third-order valence-electron chi connectivity index (χ3n) is 4.17. The van der Waals surface area contributed by atoms with Crippen molar-refractivity contribution in [1.82, 2.24) is 5.32 Å². The van der Waals surface area contributed by atoms with E-state index in [9.17, 15) is 0 Å². The Morgan fingerprint density at radius 2 is 2.40 bits per heavy atom. The maximum Gasteiger partial charge on any atom is 0.0629 e. The van der Waals surface area contributed by atoms with Crippen molar-refractivity contribution in [2.24, 2.45) is 22.7 Å². The summed E-state index contributed by atoms with van der Waals surface area (Å²) in [4.78, 5) is 4.46. The van der Waals surface area contributed by atoms with E-state index in [1.807, 2.05) is 6.21 Å². The van der Waals surface area contributed by atoms with Crippen molar-refractivity contribution < 1.29 is 0 Å². The lowest BCUT2D eigenvalue weighted by Gasteiger charge is -2.35. The molecule has 2 heterocycles. The summed E-state index contributed by atoms with van der Waals surface area (Å²) in [5, 5.41) is 3.56. The third-order valence-corrected chi connectivity index (χ3v) is 4.17. The van der Waals surface area contributed by atoms with Gasteiger partial charge in [-0.05, 0) is 30.4 Å². The van der Waals surface area contributed by atoms with Crippen LogP contribution >= 0.6 is 0 Å². The van der Waals surface area contributed by atoms with Gasteiger partial charge >= 0.3 is 0 Å². The molecular weight excluding hydrogens is 184 g/mol. The second-order valence-corrected chi connectivity index (χ2v) is 4.87. The molecule has 2 nitrogen and oxygen atoms in total. The van der Waals surface area contributed by atoms with Crippen molar-refractivity contribution in [3.8, 4) is 0 Å². The lowest BCUT2D eigenvalue weighted by Crippen LogP contribution is -2.28. The van der Waals surface area contributed by atoms with E-state index in [0.717, 1.165) is 18.4 Å². The van der Waals surface area contributed by atoms with Crippen molar-refractivity contribution in [1.29, 1.82) is 0 Å². The SMILES string of the molecule is C1=NC2=CC3CNC4=CCCC(C2=C1)C43. The lowest BCUT2D eigenvalue weighted by molar-refractivity contribution is 0.341. The molecule has 1 N–H and O–H groups in total. The first-order valence-corrected chi connectivity index (χ1v) is 5.84. The van der Waals surface area contributed by atoms with E-state index in [1.165, 1.54) is 29.8 Å². The van der Waals surface area contributed by atoms with E-state index >= 15 is 0 Å². The van der Waals surface area contributed by atoms with Crippen LogP contribution in [0, 0.1) is 17.8 Å². The van der Waals surface area contributed by atoms with Gasteiger partial charge in [0.15, 0.2) is 0 Å². The van der Waals surface area contributed by atoms with Crippen molar-refractivity contribution >= 4 is 6.21 Å². The first-order valence-electron chi connectivity index (χ1n) is 5.84. The average molecular weight is 198 g/mol. The fourth-order valence-electron chi connectivity index (χ4n) is 3.56. The van der Waals surface area contributed by atoms with Gasteiger partial charge in [-0.2, -0.15) is 0 Å². The molecule has 4 rings (SSSR count). The summed E-state index contributed by atoms with van der Waals surface area (Å²) in [5.74, 6) is 2.15. The third kappa shape index (κ3) is 0.921. The van der Waals surface area contributed by atoms with Gasteiger partial charge in [0.25, 0.3) is 0 Å². The molecule has 76 valence electrons. The molecule has 4 aliphatic rings. The highest BCUT2D eigenvalue weighted by atomic mass is 15.0. The van der Waals surface area contributed by atoms with Crippen molar-refractivity contribution in [2.75, 3.05) is 6.54 Å². The van der Waals surface area contributed by atoms with Gasteiger partial charge in [0.05, 0.1) is 5.70 Å². The Kier molecular flexibility index (Phi) is 1.39. The van der Waals surface area contributed by atoms with Crippen molar-refractivity contribution in [3.63, 3.8) is 0 Å². The molecule has 0 aromatic rings. The molecule has 0 amide bonds. The first-order chi connectivity index (χ1) is 7.43. The summed E-state index contributed by atoms with van der Waals surface area (Å²) < 4.78 is 0. The van der Waals surface area contributed by atoms with Crippen LogP contribution in [0.3, 0.4) is 0 Å². The Hall–Kier alpha value is -1.31. The maximum absolute atomic E-state index is 4.46. The van der Waals surface area contributed by atoms with E-state index in [-0.39, 0.29) is 0 Å². The Morgan fingerprint density at radius 3 is 3.40 bits per heavy atom. The van der Waals surface area contributed by atoms with Crippen LogP contribution in [0.4, 0.5) is 0 Å². The summed E-state index contributed by atoms with van der Waals surface area (Å²) >= 11 is 0. The molecule has 1 saturated heterocycles. The zero-order valence-corrected chi connectivity index (χ0v) is 8.61. The zero-order chi connectivity index (χ0) is 9.83. The fourth-order valence-corrected chi connectivity index (χ4v) is 3.56. The van der Waals surface area contributed by atoms with Gasteiger partial charge in [0.1, 0.15) is 0 Å². The highest BCUT2D eigenvalue weighted by Gasteiger charge is 2.43.